The molecule has 4 saturated carbocycles. The van der Waals surface area contributed by atoms with Gasteiger partial charge in [-0.15, -0.1) is 0 Å². The van der Waals surface area contributed by atoms with E-state index in [2.05, 4.69) is 34.6 Å². The Morgan fingerprint density at radius 2 is 1.63 bits per heavy atom. The van der Waals surface area contributed by atoms with Gasteiger partial charge in [-0.05, 0) is 85.9 Å². The molecule has 0 amide bonds. The second-order valence-electron chi connectivity index (χ2n) is 12.9. The van der Waals surface area contributed by atoms with Gasteiger partial charge in [0.2, 0.25) is 0 Å². The summed E-state index contributed by atoms with van der Waals surface area (Å²) in [6, 6.07) is 0. The van der Waals surface area contributed by atoms with Gasteiger partial charge in [-0.25, -0.2) is 0 Å². The zero-order chi connectivity index (χ0) is 21.9. The smallest absolute Gasteiger partial charge is 0.0985 e. The van der Waals surface area contributed by atoms with E-state index in [9.17, 15) is 15.3 Å². The Hall–Kier alpha value is -0.120. The molecule has 0 saturated heterocycles. The van der Waals surface area contributed by atoms with E-state index in [0.29, 0.717) is 29.6 Å². The van der Waals surface area contributed by atoms with Crippen molar-refractivity contribution in [3.8, 4) is 0 Å². The van der Waals surface area contributed by atoms with Gasteiger partial charge in [0, 0.05) is 11.8 Å². The number of rotatable bonds is 5. The van der Waals surface area contributed by atoms with E-state index in [1.807, 2.05) is 0 Å². The SMILES string of the molecule is CC(C)CCC[C@@H](C)[C@H]1CC[C@H]2[C@H]3C[C@H](O)[C@@]4(O)C[C@@H](O)CC[C@]4(C)[C@@H]3CC[C@]12C. The van der Waals surface area contributed by atoms with Crippen LogP contribution in [0.4, 0.5) is 0 Å². The van der Waals surface area contributed by atoms with Gasteiger partial charge in [0.15, 0.2) is 0 Å². The van der Waals surface area contributed by atoms with E-state index >= 15 is 0 Å². The molecule has 0 radical (unpaired) electrons. The first-order chi connectivity index (χ1) is 14.0. The summed E-state index contributed by atoms with van der Waals surface area (Å²) in [4.78, 5) is 0. The summed E-state index contributed by atoms with van der Waals surface area (Å²) in [6.07, 6.45) is 10.7. The number of hydrogen-bond acceptors (Lipinski definition) is 3. The van der Waals surface area contributed by atoms with Gasteiger partial charge < -0.3 is 15.3 Å². The van der Waals surface area contributed by atoms with Crippen molar-refractivity contribution in [2.24, 2.45) is 46.3 Å². The molecule has 10 atom stereocenters. The second kappa shape index (κ2) is 8.03. The predicted molar refractivity (Wildman–Crippen MR) is 122 cm³/mol. The lowest BCUT2D eigenvalue weighted by molar-refractivity contribution is -0.264. The molecule has 3 N–H and O–H groups in total. The molecular formula is C27H48O3. The topological polar surface area (TPSA) is 60.7 Å². The van der Waals surface area contributed by atoms with Crippen LogP contribution in [-0.4, -0.2) is 33.1 Å². The van der Waals surface area contributed by atoms with Crippen LogP contribution in [0.25, 0.3) is 0 Å². The molecule has 174 valence electrons. The Morgan fingerprint density at radius 1 is 0.900 bits per heavy atom. The standard InChI is InChI=1S/C27H48O3/c1-17(2)7-6-8-18(3)21-9-10-22-20-15-24(29)27(30)16-19(28)11-14-26(27,5)23(20)12-13-25(21,22)4/h17-24,28-30H,6-16H2,1-5H3/t18-,19+,20-,21-,22+,23-,24+,25-,26-,27+/m1/s1. The first kappa shape index (κ1) is 23.1. The number of aliphatic hydroxyl groups excluding tert-OH is 2. The molecular weight excluding hydrogens is 372 g/mol. The van der Waals surface area contributed by atoms with Gasteiger partial charge in [-0.1, -0.05) is 53.9 Å². The maximum absolute atomic E-state index is 11.6. The van der Waals surface area contributed by atoms with Crippen LogP contribution in [0.2, 0.25) is 0 Å². The Kier molecular flexibility index (Phi) is 6.17. The third kappa shape index (κ3) is 3.41. The molecule has 4 aliphatic rings. The molecule has 0 aromatic rings. The van der Waals surface area contributed by atoms with Crippen LogP contribution < -0.4 is 0 Å². The zero-order valence-corrected chi connectivity index (χ0v) is 20.2. The van der Waals surface area contributed by atoms with Gasteiger partial charge in [0.05, 0.1) is 17.8 Å². The molecule has 4 fully saturated rings. The van der Waals surface area contributed by atoms with E-state index < -0.39 is 17.8 Å². The maximum atomic E-state index is 11.6. The highest BCUT2D eigenvalue weighted by Crippen LogP contribution is 2.69. The van der Waals surface area contributed by atoms with E-state index in [1.165, 1.54) is 44.9 Å². The molecule has 0 heterocycles. The molecule has 4 rings (SSSR count). The van der Waals surface area contributed by atoms with E-state index in [4.69, 9.17) is 0 Å². The lowest BCUT2D eigenvalue weighted by Crippen LogP contribution is -2.68. The van der Waals surface area contributed by atoms with Crippen LogP contribution in [0.5, 0.6) is 0 Å². The first-order valence-electron chi connectivity index (χ1n) is 13.1. The van der Waals surface area contributed by atoms with Crippen LogP contribution in [0, 0.1) is 46.3 Å². The Balaban J connectivity index is 1.53. The van der Waals surface area contributed by atoms with E-state index in [0.717, 1.165) is 37.0 Å². The first-order valence-corrected chi connectivity index (χ1v) is 13.1. The molecule has 0 aromatic heterocycles. The fraction of sp³-hybridized carbons (Fsp3) is 1.00. The maximum Gasteiger partial charge on any atom is 0.0985 e. The highest BCUT2D eigenvalue weighted by molar-refractivity contribution is 5.17. The van der Waals surface area contributed by atoms with Crippen molar-refractivity contribution < 1.29 is 15.3 Å². The summed E-state index contributed by atoms with van der Waals surface area (Å²) in [7, 11) is 0. The van der Waals surface area contributed by atoms with Crippen LogP contribution in [0.15, 0.2) is 0 Å². The average Bonchev–Trinajstić information content (AvgIpc) is 3.01. The van der Waals surface area contributed by atoms with Crippen molar-refractivity contribution >= 4 is 0 Å². The van der Waals surface area contributed by atoms with E-state index in [-0.39, 0.29) is 5.41 Å². The van der Waals surface area contributed by atoms with Gasteiger partial charge in [0.1, 0.15) is 0 Å². The fourth-order valence-corrected chi connectivity index (χ4v) is 9.29. The molecule has 0 bridgehead atoms. The lowest BCUT2D eigenvalue weighted by atomic mass is 9.42. The van der Waals surface area contributed by atoms with Crippen molar-refractivity contribution in [3.63, 3.8) is 0 Å². The molecule has 3 nitrogen and oxygen atoms in total. The minimum Gasteiger partial charge on any atom is -0.393 e. The fourth-order valence-electron chi connectivity index (χ4n) is 9.29. The average molecular weight is 421 g/mol. The van der Waals surface area contributed by atoms with Gasteiger partial charge in [0.25, 0.3) is 0 Å². The van der Waals surface area contributed by atoms with Crippen LogP contribution in [0.3, 0.4) is 0 Å². The molecule has 0 unspecified atom stereocenters. The normalized spacial score (nSPS) is 51.9. The molecule has 0 spiro atoms. The minimum atomic E-state index is -1.11. The van der Waals surface area contributed by atoms with Crippen LogP contribution >= 0.6 is 0 Å². The van der Waals surface area contributed by atoms with Gasteiger partial charge >= 0.3 is 0 Å². The van der Waals surface area contributed by atoms with Crippen molar-refractivity contribution in [3.05, 3.63) is 0 Å². The summed E-state index contributed by atoms with van der Waals surface area (Å²) in [5.41, 5.74) is -0.962. The molecule has 0 aromatic carbocycles. The second-order valence-corrected chi connectivity index (χ2v) is 12.9. The summed E-state index contributed by atoms with van der Waals surface area (Å²) < 4.78 is 0. The van der Waals surface area contributed by atoms with Crippen molar-refractivity contribution in [2.45, 2.75) is 123 Å². The lowest BCUT2D eigenvalue weighted by Gasteiger charge is -2.65. The summed E-state index contributed by atoms with van der Waals surface area (Å²) >= 11 is 0. The molecule has 3 heteroatoms. The predicted octanol–water partition coefficient (Wildman–Crippen LogP) is 5.55. The van der Waals surface area contributed by atoms with Gasteiger partial charge in [-0.3, -0.25) is 0 Å². The van der Waals surface area contributed by atoms with Crippen molar-refractivity contribution in [2.75, 3.05) is 0 Å². The Morgan fingerprint density at radius 3 is 2.33 bits per heavy atom. The van der Waals surface area contributed by atoms with Crippen LogP contribution in [0.1, 0.15) is 105 Å². The van der Waals surface area contributed by atoms with Crippen LogP contribution in [-0.2, 0) is 0 Å². The molecule has 4 aliphatic carbocycles. The highest BCUT2D eigenvalue weighted by Gasteiger charge is 2.67. The molecule has 30 heavy (non-hydrogen) atoms. The Labute approximate surface area is 185 Å². The summed E-state index contributed by atoms with van der Waals surface area (Å²) in [6.45, 7) is 12.0. The minimum absolute atomic E-state index is 0.253. The third-order valence-corrected chi connectivity index (χ3v) is 11.0. The Bertz CT molecular complexity index is 619. The number of aliphatic hydroxyl groups is 3. The third-order valence-electron chi connectivity index (χ3n) is 11.0. The largest absolute Gasteiger partial charge is 0.393 e. The zero-order valence-electron chi connectivity index (χ0n) is 20.2. The molecule has 0 aliphatic heterocycles. The van der Waals surface area contributed by atoms with Gasteiger partial charge in [-0.2, -0.15) is 0 Å². The number of hydrogen-bond donors (Lipinski definition) is 3. The quantitative estimate of drug-likeness (QED) is 0.546. The number of fused-ring (bicyclic) bond motifs is 5. The summed E-state index contributed by atoms with van der Waals surface area (Å²) in [5, 5.41) is 33.0. The highest BCUT2D eigenvalue weighted by atomic mass is 16.3. The van der Waals surface area contributed by atoms with E-state index in [1.54, 1.807) is 0 Å². The summed E-state index contributed by atoms with van der Waals surface area (Å²) in [5.74, 6) is 4.13. The van der Waals surface area contributed by atoms with Crippen molar-refractivity contribution in [1.29, 1.82) is 0 Å². The van der Waals surface area contributed by atoms with Crippen molar-refractivity contribution in [1.82, 2.24) is 0 Å². The monoisotopic (exact) mass is 420 g/mol.